The summed E-state index contributed by atoms with van der Waals surface area (Å²) in [5, 5.41) is 11.0. The molecule has 96 valence electrons. The SMILES string of the molecule is CNCc1nnc(N(C)CC2CCCOC2)o1. The number of anilines is 1. The fraction of sp³-hybridized carbons (Fsp3) is 0.818. The van der Waals surface area contributed by atoms with Crippen LogP contribution in [0.5, 0.6) is 0 Å². The van der Waals surface area contributed by atoms with Crippen molar-refractivity contribution in [1.82, 2.24) is 15.5 Å². The number of rotatable bonds is 5. The minimum atomic E-state index is 0.563. The van der Waals surface area contributed by atoms with E-state index in [1.54, 1.807) is 0 Å². The van der Waals surface area contributed by atoms with E-state index >= 15 is 0 Å². The maximum absolute atomic E-state index is 5.53. The fourth-order valence-electron chi connectivity index (χ4n) is 2.04. The first kappa shape index (κ1) is 12.3. The van der Waals surface area contributed by atoms with E-state index in [1.165, 1.54) is 6.42 Å². The molecule has 1 saturated heterocycles. The molecule has 1 aromatic heterocycles. The van der Waals surface area contributed by atoms with Crippen LogP contribution in [0.2, 0.25) is 0 Å². The molecule has 0 aliphatic carbocycles. The van der Waals surface area contributed by atoms with Crippen molar-refractivity contribution in [2.75, 3.05) is 38.8 Å². The number of aromatic nitrogens is 2. The molecule has 1 atom stereocenters. The number of ether oxygens (including phenoxy) is 1. The molecule has 1 aliphatic heterocycles. The highest BCUT2D eigenvalue weighted by atomic mass is 16.5. The summed E-state index contributed by atoms with van der Waals surface area (Å²) >= 11 is 0. The lowest BCUT2D eigenvalue weighted by Crippen LogP contribution is -2.31. The molecule has 1 unspecified atom stereocenters. The molecule has 0 bridgehead atoms. The van der Waals surface area contributed by atoms with Crippen LogP contribution < -0.4 is 10.2 Å². The summed E-state index contributed by atoms with van der Waals surface area (Å²) in [7, 11) is 3.83. The molecule has 0 amide bonds. The molecule has 1 fully saturated rings. The van der Waals surface area contributed by atoms with Crippen LogP contribution in [0, 0.1) is 5.92 Å². The highest BCUT2D eigenvalue weighted by Gasteiger charge is 2.18. The topological polar surface area (TPSA) is 63.4 Å². The lowest BCUT2D eigenvalue weighted by Gasteiger charge is -2.25. The highest BCUT2D eigenvalue weighted by Crippen LogP contribution is 2.18. The maximum Gasteiger partial charge on any atom is 0.317 e. The van der Waals surface area contributed by atoms with E-state index < -0.39 is 0 Å². The summed E-state index contributed by atoms with van der Waals surface area (Å²) in [5.74, 6) is 1.18. The number of hydrogen-bond donors (Lipinski definition) is 1. The van der Waals surface area contributed by atoms with Crippen LogP contribution in [0.4, 0.5) is 6.01 Å². The molecule has 0 saturated carbocycles. The van der Waals surface area contributed by atoms with Crippen molar-refractivity contribution in [3.05, 3.63) is 5.89 Å². The van der Waals surface area contributed by atoms with Crippen LogP contribution in [0.15, 0.2) is 4.42 Å². The molecular formula is C11H20N4O2. The predicted octanol–water partition coefficient (Wildman–Crippen LogP) is 0.652. The fourth-order valence-corrected chi connectivity index (χ4v) is 2.04. The number of nitrogens with zero attached hydrogens (tertiary/aromatic N) is 3. The van der Waals surface area contributed by atoms with Crippen LogP contribution in [0.25, 0.3) is 0 Å². The van der Waals surface area contributed by atoms with E-state index in [2.05, 4.69) is 15.5 Å². The van der Waals surface area contributed by atoms with E-state index in [0.717, 1.165) is 26.2 Å². The van der Waals surface area contributed by atoms with Crippen molar-refractivity contribution >= 4 is 6.01 Å². The average Bonchev–Trinajstić information content (AvgIpc) is 2.79. The Morgan fingerprint density at radius 3 is 3.06 bits per heavy atom. The van der Waals surface area contributed by atoms with Gasteiger partial charge < -0.3 is 19.4 Å². The van der Waals surface area contributed by atoms with E-state index in [4.69, 9.17) is 9.15 Å². The standard InChI is InChI=1S/C11H20N4O2/c1-12-6-10-13-14-11(17-10)15(2)7-9-4-3-5-16-8-9/h9,12H,3-8H2,1-2H3. The molecule has 2 heterocycles. The molecule has 1 aliphatic rings. The minimum absolute atomic E-state index is 0.563. The molecule has 1 aromatic rings. The van der Waals surface area contributed by atoms with Gasteiger partial charge in [-0.15, -0.1) is 5.10 Å². The van der Waals surface area contributed by atoms with Gasteiger partial charge in [0.05, 0.1) is 13.2 Å². The van der Waals surface area contributed by atoms with Crippen molar-refractivity contribution in [2.24, 2.45) is 5.92 Å². The Kier molecular flexibility index (Phi) is 4.33. The largest absolute Gasteiger partial charge is 0.407 e. The molecule has 0 radical (unpaired) electrons. The highest BCUT2D eigenvalue weighted by molar-refractivity contribution is 5.21. The summed E-state index contributed by atoms with van der Waals surface area (Å²) in [6.07, 6.45) is 2.36. The van der Waals surface area contributed by atoms with E-state index in [0.29, 0.717) is 24.4 Å². The van der Waals surface area contributed by atoms with Gasteiger partial charge in [0.2, 0.25) is 5.89 Å². The minimum Gasteiger partial charge on any atom is -0.407 e. The van der Waals surface area contributed by atoms with Crippen LogP contribution >= 0.6 is 0 Å². The number of hydrogen-bond acceptors (Lipinski definition) is 6. The number of nitrogens with one attached hydrogen (secondary N) is 1. The van der Waals surface area contributed by atoms with Gasteiger partial charge >= 0.3 is 6.01 Å². The van der Waals surface area contributed by atoms with Gasteiger partial charge in [-0.25, -0.2) is 0 Å². The van der Waals surface area contributed by atoms with Gasteiger partial charge in [0.1, 0.15) is 0 Å². The first-order valence-electron chi connectivity index (χ1n) is 6.05. The average molecular weight is 240 g/mol. The van der Waals surface area contributed by atoms with E-state index in [-0.39, 0.29) is 0 Å². The normalized spacial score (nSPS) is 20.5. The van der Waals surface area contributed by atoms with Gasteiger partial charge in [-0.3, -0.25) is 0 Å². The van der Waals surface area contributed by atoms with Crippen molar-refractivity contribution in [3.63, 3.8) is 0 Å². The Hall–Kier alpha value is -1.14. The quantitative estimate of drug-likeness (QED) is 0.815. The van der Waals surface area contributed by atoms with Gasteiger partial charge in [0.25, 0.3) is 0 Å². The van der Waals surface area contributed by atoms with Crippen molar-refractivity contribution in [2.45, 2.75) is 19.4 Å². The lowest BCUT2D eigenvalue weighted by molar-refractivity contribution is 0.0573. The molecule has 0 spiro atoms. The molecule has 6 nitrogen and oxygen atoms in total. The third kappa shape index (κ3) is 3.41. The molecule has 0 aromatic carbocycles. The second-order valence-electron chi connectivity index (χ2n) is 4.47. The second kappa shape index (κ2) is 5.97. The van der Waals surface area contributed by atoms with Crippen LogP contribution in [-0.4, -0.2) is 44.1 Å². The zero-order valence-electron chi connectivity index (χ0n) is 10.5. The summed E-state index contributed by atoms with van der Waals surface area (Å²) in [5.41, 5.74) is 0. The van der Waals surface area contributed by atoms with Crippen LogP contribution in [0.1, 0.15) is 18.7 Å². The zero-order chi connectivity index (χ0) is 12.1. The van der Waals surface area contributed by atoms with Gasteiger partial charge in [-0.05, 0) is 19.9 Å². The Morgan fingerprint density at radius 2 is 2.35 bits per heavy atom. The van der Waals surface area contributed by atoms with Crippen LogP contribution in [-0.2, 0) is 11.3 Å². The summed E-state index contributed by atoms with van der Waals surface area (Å²) < 4.78 is 11.0. The Labute approximate surface area is 101 Å². The smallest absolute Gasteiger partial charge is 0.317 e. The monoisotopic (exact) mass is 240 g/mol. The molecule has 17 heavy (non-hydrogen) atoms. The van der Waals surface area contributed by atoms with E-state index in [1.807, 2.05) is 19.0 Å². The molecule has 6 heteroatoms. The molecular weight excluding hydrogens is 220 g/mol. The Bertz CT molecular complexity index is 336. The van der Waals surface area contributed by atoms with Crippen molar-refractivity contribution in [3.8, 4) is 0 Å². The summed E-state index contributed by atoms with van der Waals surface area (Å²) in [4.78, 5) is 2.01. The predicted molar refractivity (Wildman–Crippen MR) is 63.9 cm³/mol. The molecule has 2 rings (SSSR count). The second-order valence-corrected chi connectivity index (χ2v) is 4.47. The maximum atomic E-state index is 5.53. The van der Waals surface area contributed by atoms with Crippen molar-refractivity contribution in [1.29, 1.82) is 0 Å². The third-order valence-corrected chi connectivity index (χ3v) is 2.90. The Morgan fingerprint density at radius 1 is 1.47 bits per heavy atom. The lowest BCUT2D eigenvalue weighted by atomic mass is 10.0. The summed E-state index contributed by atoms with van der Waals surface area (Å²) in [6.45, 7) is 3.24. The third-order valence-electron chi connectivity index (χ3n) is 2.90. The Balaban J connectivity index is 1.86. The van der Waals surface area contributed by atoms with Gasteiger partial charge in [-0.1, -0.05) is 5.10 Å². The first-order chi connectivity index (χ1) is 8.29. The van der Waals surface area contributed by atoms with Crippen molar-refractivity contribution < 1.29 is 9.15 Å². The molecule has 1 N–H and O–H groups in total. The zero-order valence-corrected chi connectivity index (χ0v) is 10.5. The van der Waals surface area contributed by atoms with Gasteiger partial charge in [0, 0.05) is 26.1 Å². The van der Waals surface area contributed by atoms with Crippen LogP contribution in [0.3, 0.4) is 0 Å². The first-order valence-corrected chi connectivity index (χ1v) is 6.05. The van der Waals surface area contributed by atoms with Gasteiger partial charge in [0.15, 0.2) is 0 Å². The van der Waals surface area contributed by atoms with Gasteiger partial charge in [-0.2, -0.15) is 0 Å². The van der Waals surface area contributed by atoms with E-state index in [9.17, 15) is 0 Å². The summed E-state index contributed by atoms with van der Waals surface area (Å²) in [6, 6.07) is 0.584.